The van der Waals surface area contributed by atoms with Gasteiger partial charge in [0.15, 0.2) is 0 Å². The third kappa shape index (κ3) is 3.11. The standard InChI is InChI=1S/C13H18N6/c1-9-4-5-10(6-11(9)19(2)3)17-12-7-13(18-14)16-8-15-12/h4-8H,14H2,1-3H3,(H2,15,16,17,18). The van der Waals surface area contributed by atoms with Crippen LogP contribution in [0.1, 0.15) is 5.56 Å². The Balaban J connectivity index is 2.25. The third-order valence-electron chi connectivity index (χ3n) is 2.78. The van der Waals surface area contributed by atoms with E-state index in [1.54, 1.807) is 6.07 Å². The molecule has 6 heteroatoms. The van der Waals surface area contributed by atoms with E-state index in [-0.39, 0.29) is 0 Å². The summed E-state index contributed by atoms with van der Waals surface area (Å²) in [6.07, 6.45) is 1.46. The molecule has 4 N–H and O–H groups in total. The van der Waals surface area contributed by atoms with Gasteiger partial charge < -0.3 is 15.6 Å². The Morgan fingerprint density at radius 1 is 1.11 bits per heavy atom. The normalized spacial score (nSPS) is 10.1. The van der Waals surface area contributed by atoms with Crippen molar-refractivity contribution in [1.82, 2.24) is 9.97 Å². The summed E-state index contributed by atoms with van der Waals surface area (Å²) in [7, 11) is 4.04. The van der Waals surface area contributed by atoms with Gasteiger partial charge >= 0.3 is 0 Å². The second-order valence-electron chi connectivity index (χ2n) is 4.45. The minimum Gasteiger partial charge on any atom is -0.377 e. The van der Waals surface area contributed by atoms with Crippen molar-refractivity contribution in [2.24, 2.45) is 5.84 Å². The molecule has 0 amide bonds. The van der Waals surface area contributed by atoms with Gasteiger partial charge in [-0.2, -0.15) is 0 Å². The first-order chi connectivity index (χ1) is 9.10. The fraction of sp³-hybridized carbons (Fsp3) is 0.231. The molecule has 0 unspecified atom stereocenters. The van der Waals surface area contributed by atoms with Crippen molar-refractivity contribution in [1.29, 1.82) is 0 Å². The minimum absolute atomic E-state index is 0.567. The van der Waals surface area contributed by atoms with Gasteiger partial charge in [-0.05, 0) is 24.6 Å². The molecule has 2 aromatic rings. The van der Waals surface area contributed by atoms with Crippen LogP contribution in [-0.4, -0.2) is 24.1 Å². The van der Waals surface area contributed by atoms with E-state index in [9.17, 15) is 0 Å². The summed E-state index contributed by atoms with van der Waals surface area (Å²) >= 11 is 0. The van der Waals surface area contributed by atoms with E-state index in [1.165, 1.54) is 11.9 Å². The number of nitrogens with two attached hydrogens (primary N) is 1. The number of hydrazine groups is 1. The summed E-state index contributed by atoms with van der Waals surface area (Å²) in [5, 5.41) is 3.23. The Morgan fingerprint density at radius 2 is 1.84 bits per heavy atom. The molecule has 0 aliphatic heterocycles. The van der Waals surface area contributed by atoms with Gasteiger partial charge in [-0.1, -0.05) is 6.07 Å². The lowest BCUT2D eigenvalue weighted by Gasteiger charge is -2.17. The van der Waals surface area contributed by atoms with Crippen molar-refractivity contribution in [2.45, 2.75) is 6.92 Å². The van der Waals surface area contributed by atoms with Gasteiger partial charge in [-0.3, -0.25) is 0 Å². The molecule has 0 bridgehead atoms. The SMILES string of the molecule is Cc1ccc(Nc2cc(NN)ncn2)cc1N(C)C. The number of nitrogens with one attached hydrogen (secondary N) is 2. The monoisotopic (exact) mass is 258 g/mol. The van der Waals surface area contributed by atoms with Crippen LogP contribution in [0, 0.1) is 6.92 Å². The molecule has 1 aromatic heterocycles. The summed E-state index contributed by atoms with van der Waals surface area (Å²) < 4.78 is 0. The quantitative estimate of drug-likeness (QED) is 0.574. The zero-order valence-corrected chi connectivity index (χ0v) is 11.3. The van der Waals surface area contributed by atoms with E-state index in [0.717, 1.165) is 11.4 Å². The fourth-order valence-corrected chi connectivity index (χ4v) is 1.82. The maximum Gasteiger partial charge on any atom is 0.145 e. The lowest BCUT2D eigenvalue weighted by Crippen LogP contribution is -2.11. The Morgan fingerprint density at radius 3 is 2.53 bits per heavy atom. The van der Waals surface area contributed by atoms with E-state index in [0.29, 0.717) is 11.6 Å². The molecule has 6 nitrogen and oxygen atoms in total. The first kappa shape index (κ1) is 13.1. The van der Waals surface area contributed by atoms with Crippen molar-refractivity contribution in [3.63, 3.8) is 0 Å². The average molecular weight is 258 g/mol. The summed E-state index contributed by atoms with van der Waals surface area (Å²) in [6, 6.07) is 7.91. The third-order valence-corrected chi connectivity index (χ3v) is 2.78. The van der Waals surface area contributed by atoms with Crippen molar-refractivity contribution in [3.05, 3.63) is 36.2 Å². The van der Waals surface area contributed by atoms with E-state index in [4.69, 9.17) is 5.84 Å². The van der Waals surface area contributed by atoms with Gasteiger partial charge in [0, 0.05) is 31.5 Å². The topological polar surface area (TPSA) is 79.1 Å². The van der Waals surface area contributed by atoms with Gasteiger partial charge in [0.1, 0.15) is 18.0 Å². The van der Waals surface area contributed by atoms with Gasteiger partial charge in [0.25, 0.3) is 0 Å². The molecule has 0 radical (unpaired) electrons. The maximum absolute atomic E-state index is 5.32. The fourth-order valence-electron chi connectivity index (χ4n) is 1.82. The van der Waals surface area contributed by atoms with Gasteiger partial charge in [0.05, 0.1) is 0 Å². The van der Waals surface area contributed by atoms with Crippen LogP contribution >= 0.6 is 0 Å². The van der Waals surface area contributed by atoms with Crippen LogP contribution in [0.15, 0.2) is 30.6 Å². The average Bonchev–Trinajstić information content (AvgIpc) is 2.41. The Kier molecular flexibility index (Phi) is 3.82. The molecule has 100 valence electrons. The molecule has 1 heterocycles. The van der Waals surface area contributed by atoms with Crippen LogP contribution in [0.25, 0.3) is 0 Å². The van der Waals surface area contributed by atoms with Crippen LogP contribution in [-0.2, 0) is 0 Å². The number of benzene rings is 1. The largest absolute Gasteiger partial charge is 0.377 e. The molecule has 0 fully saturated rings. The molecule has 0 aliphatic rings. The molecular weight excluding hydrogens is 240 g/mol. The van der Waals surface area contributed by atoms with Crippen LogP contribution in [0.5, 0.6) is 0 Å². The lowest BCUT2D eigenvalue weighted by atomic mass is 10.1. The lowest BCUT2D eigenvalue weighted by molar-refractivity contribution is 1.11. The van der Waals surface area contributed by atoms with Gasteiger partial charge in [0.2, 0.25) is 0 Å². The van der Waals surface area contributed by atoms with E-state index in [1.807, 2.05) is 20.2 Å². The van der Waals surface area contributed by atoms with Crippen molar-refractivity contribution in [2.75, 3.05) is 29.7 Å². The zero-order valence-electron chi connectivity index (χ0n) is 11.3. The van der Waals surface area contributed by atoms with Crippen LogP contribution in [0.2, 0.25) is 0 Å². The van der Waals surface area contributed by atoms with Gasteiger partial charge in [-0.15, -0.1) is 0 Å². The summed E-state index contributed by atoms with van der Waals surface area (Å²) in [6.45, 7) is 2.08. The molecule has 0 saturated carbocycles. The number of rotatable bonds is 4. The number of nitrogens with zero attached hydrogens (tertiary/aromatic N) is 3. The molecule has 0 aliphatic carbocycles. The maximum atomic E-state index is 5.32. The number of aryl methyl sites for hydroxylation is 1. The van der Waals surface area contributed by atoms with Crippen molar-refractivity contribution in [3.8, 4) is 0 Å². The molecule has 0 atom stereocenters. The number of hydrogen-bond donors (Lipinski definition) is 3. The van der Waals surface area contributed by atoms with Crippen molar-refractivity contribution < 1.29 is 0 Å². The summed E-state index contributed by atoms with van der Waals surface area (Å²) in [4.78, 5) is 10.2. The number of nitrogen functional groups attached to an aromatic ring is 1. The van der Waals surface area contributed by atoms with Crippen LogP contribution in [0.4, 0.5) is 23.0 Å². The predicted octanol–water partition coefficient (Wildman–Crippen LogP) is 1.88. The zero-order chi connectivity index (χ0) is 13.8. The number of hydrogen-bond acceptors (Lipinski definition) is 6. The first-order valence-electron chi connectivity index (χ1n) is 5.94. The molecule has 19 heavy (non-hydrogen) atoms. The highest BCUT2D eigenvalue weighted by Gasteiger charge is 2.04. The second-order valence-corrected chi connectivity index (χ2v) is 4.45. The predicted molar refractivity (Wildman–Crippen MR) is 78.6 cm³/mol. The van der Waals surface area contributed by atoms with E-state index < -0.39 is 0 Å². The van der Waals surface area contributed by atoms with Crippen LogP contribution < -0.4 is 21.5 Å². The molecule has 2 rings (SSSR count). The molecular formula is C13H18N6. The smallest absolute Gasteiger partial charge is 0.145 e. The molecule has 0 spiro atoms. The van der Waals surface area contributed by atoms with E-state index in [2.05, 4.69) is 44.7 Å². The summed E-state index contributed by atoms with van der Waals surface area (Å²) in [5.74, 6) is 6.58. The molecule has 1 aromatic carbocycles. The second kappa shape index (κ2) is 5.53. The highest BCUT2D eigenvalue weighted by atomic mass is 15.3. The van der Waals surface area contributed by atoms with Crippen LogP contribution in [0.3, 0.4) is 0 Å². The van der Waals surface area contributed by atoms with Gasteiger partial charge in [-0.25, -0.2) is 15.8 Å². The first-order valence-corrected chi connectivity index (χ1v) is 5.94. The Hall–Kier alpha value is -2.34. The Labute approximate surface area is 112 Å². The Bertz CT molecular complexity index is 567. The highest BCUT2D eigenvalue weighted by molar-refractivity contribution is 5.66. The van der Waals surface area contributed by atoms with E-state index >= 15 is 0 Å². The number of aromatic nitrogens is 2. The molecule has 0 saturated heterocycles. The minimum atomic E-state index is 0.567. The number of anilines is 4. The summed E-state index contributed by atoms with van der Waals surface area (Å²) in [5.41, 5.74) is 5.85. The highest BCUT2D eigenvalue weighted by Crippen LogP contribution is 2.24. The van der Waals surface area contributed by atoms with Crippen molar-refractivity contribution >= 4 is 23.0 Å².